The summed E-state index contributed by atoms with van der Waals surface area (Å²) in [6, 6.07) is 1.06. The van der Waals surface area contributed by atoms with Crippen molar-refractivity contribution in [3.63, 3.8) is 0 Å². The van der Waals surface area contributed by atoms with Crippen LogP contribution < -0.4 is 16.6 Å². The van der Waals surface area contributed by atoms with Crippen molar-refractivity contribution in [1.29, 1.82) is 0 Å². The van der Waals surface area contributed by atoms with Crippen LogP contribution in [0.15, 0.2) is 28.0 Å². The van der Waals surface area contributed by atoms with Gasteiger partial charge in [0.2, 0.25) is 0 Å². The number of aromatic amines is 2. The lowest BCUT2D eigenvalue weighted by Crippen LogP contribution is -2.32. The van der Waals surface area contributed by atoms with E-state index in [1.165, 1.54) is 0 Å². The number of hydrogen-bond donors (Lipinski definition) is 3. The van der Waals surface area contributed by atoms with E-state index in [0.29, 0.717) is 19.0 Å². The third kappa shape index (κ3) is 3.10. The lowest BCUT2D eigenvalue weighted by Gasteiger charge is -2.08. The number of rotatable bonds is 5. The van der Waals surface area contributed by atoms with Crippen LogP contribution in [0.1, 0.15) is 35.1 Å². The van der Waals surface area contributed by atoms with Crippen molar-refractivity contribution in [2.75, 3.05) is 6.54 Å². The van der Waals surface area contributed by atoms with Gasteiger partial charge in [-0.15, -0.1) is 0 Å². The van der Waals surface area contributed by atoms with Gasteiger partial charge in [0.05, 0.1) is 0 Å². The zero-order valence-electron chi connectivity index (χ0n) is 11.3. The molecule has 2 aromatic heterocycles. The number of nitrogens with one attached hydrogen (secondary N) is 3. The summed E-state index contributed by atoms with van der Waals surface area (Å²) in [5.74, 6) is 1.11. The molecule has 0 aromatic carbocycles. The number of nitrogens with zero attached hydrogens (tertiary/aromatic N) is 2. The van der Waals surface area contributed by atoms with Crippen LogP contribution in [0.2, 0.25) is 0 Å². The molecule has 2 heterocycles. The summed E-state index contributed by atoms with van der Waals surface area (Å²) in [4.78, 5) is 42.7. The molecule has 0 aliphatic heterocycles. The number of carbonyl (C=O) groups excluding carboxylic acids is 1. The van der Waals surface area contributed by atoms with Gasteiger partial charge in [-0.3, -0.25) is 14.6 Å². The Morgan fingerprint density at radius 1 is 1.38 bits per heavy atom. The normalized spacial score (nSPS) is 14.1. The summed E-state index contributed by atoms with van der Waals surface area (Å²) < 4.78 is 2.01. The first-order valence-electron chi connectivity index (χ1n) is 6.76. The van der Waals surface area contributed by atoms with Crippen LogP contribution in [0, 0.1) is 0 Å². The molecule has 8 nitrogen and oxygen atoms in total. The van der Waals surface area contributed by atoms with Crippen molar-refractivity contribution < 1.29 is 4.79 Å². The summed E-state index contributed by atoms with van der Waals surface area (Å²) in [6.07, 6.45) is 5.97. The minimum absolute atomic E-state index is 0.0446. The van der Waals surface area contributed by atoms with E-state index in [2.05, 4.69) is 15.3 Å². The van der Waals surface area contributed by atoms with Crippen LogP contribution in [0.5, 0.6) is 0 Å². The predicted octanol–water partition coefficient (Wildman–Crippen LogP) is -0.433. The van der Waals surface area contributed by atoms with Crippen molar-refractivity contribution >= 4 is 5.91 Å². The fourth-order valence-electron chi connectivity index (χ4n) is 2.19. The summed E-state index contributed by atoms with van der Waals surface area (Å²) in [7, 11) is 0. The number of aromatic nitrogens is 4. The molecule has 0 radical (unpaired) electrons. The van der Waals surface area contributed by atoms with E-state index >= 15 is 0 Å². The van der Waals surface area contributed by atoms with E-state index in [4.69, 9.17) is 0 Å². The van der Waals surface area contributed by atoms with Gasteiger partial charge in [0.1, 0.15) is 11.5 Å². The summed E-state index contributed by atoms with van der Waals surface area (Å²) in [5.41, 5.74) is -1.34. The fraction of sp³-hybridized carbons (Fsp3) is 0.385. The Kier molecular flexibility index (Phi) is 3.43. The highest BCUT2D eigenvalue weighted by atomic mass is 16.2. The summed E-state index contributed by atoms with van der Waals surface area (Å²) >= 11 is 0. The van der Waals surface area contributed by atoms with Gasteiger partial charge in [-0.2, -0.15) is 0 Å². The maximum atomic E-state index is 11.8. The second-order valence-electron chi connectivity index (χ2n) is 5.01. The van der Waals surface area contributed by atoms with Crippen LogP contribution in [0.3, 0.4) is 0 Å². The molecule has 1 aliphatic rings. The standard InChI is InChI=1S/C13H15N5O3/c19-10-7-9(16-13(21)17-10)12(20)15-4-6-18-5-3-14-11(18)8-1-2-8/h3,5,7-8H,1-2,4,6H2,(H,15,20)(H2,16,17,19,21). The van der Waals surface area contributed by atoms with E-state index in [-0.39, 0.29) is 5.69 Å². The molecule has 21 heavy (non-hydrogen) atoms. The second-order valence-corrected chi connectivity index (χ2v) is 5.01. The van der Waals surface area contributed by atoms with Crippen molar-refractivity contribution in [3.05, 3.63) is 50.8 Å². The number of carbonyl (C=O) groups is 1. The Bertz CT molecular complexity index is 740. The van der Waals surface area contributed by atoms with Gasteiger partial charge in [-0.25, -0.2) is 9.78 Å². The van der Waals surface area contributed by atoms with Crippen LogP contribution in [-0.4, -0.2) is 32.0 Å². The van der Waals surface area contributed by atoms with Gasteiger partial charge in [0, 0.05) is 37.5 Å². The lowest BCUT2D eigenvalue weighted by molar-refractivity contribution is 0.0946. The molecule has 1 aliphatic carbocycles. The molecule has 0 spiro atoms. The molecular weight excluding hydrogens is 274 g/mol. The van der Waals surface area contributed by atoms with Crippen LogP contribution in [0.25, 0.3) is 0 Å². The van der Waals surface area contributed by atoms with Gasteiger partial charge in [0.25, 0.3) is 11.5 Å². The average Bonchev–Trinajstić information content (AvgIpc) is 3.17. The second kappa shape index (κ2) is 5.39. The zero-order valence-corrected chi connectivity index (χ0v) is 11.3. The van der Waals surface area contributed by atoms with E-state index in [9.17, 15) is 14.4 Å². The highest BCUT2D eigenvalue weighted by molar-refractivity contribution is 5.91. The van der Waals surface area contributed by atoms with Gasteiger partial charge in [-0.1, -0.05) is 0 Å². The molecule has 0 atom stereocenters. The molecule has 2 aromatic rings. The minimum Gasteiger partial charge on any atom is -0.349 e. The third-order valence-electron chi connectivity index (χ3n) is 3.33. The van der Waals surface area contributed by atoms with Crippen LogP contribution in [-0.2, 0) is 6.54 Å². The molecule has 1 amide bonds. The van der Waals surface area contributed by atoms with Gasteiger partial charge in [-0.05, 0) is 12.8 Å². The Balaban J connectivity index is 1.59. The molecule has 110 valence electrons. The van der Waals surface area contributed by atoms with E-state index < -0.39 is 17.2 Å². The van der Waals surface area contributed by atoms with Gasteiger partial charge in [0.15, 0.2) is 0 Å². The highest BCUT2D eigenvalue weighted by Gasteiger charge is 2.27. The van der Waals surface area contributed by atoms with Gasteiger partial charge < -0.3 is 14.9 Å². The minimum atomic E-state index is -0.696. The van der Waals surface area contributed by atoms with Gasteiger partial charge >= 0.3 is 5.69 Å². The Morgan fingerprint density at radius 3 is 2.90 bits per heavy atom. The van der Waals surface area contributed by atoms with E-state index in [0.717, 1.165) is 24.7 Å². The Hall–Kier alpha value is -2.64. The third-order valence-corrected chi connectivity index (χ3v) is 3.33. The quantitative estimate of drug-likeness (QED) is 0.693. The van der Waals surface area contributed by atoms with E-state index in [1.807, 2.05) is 15.7 Å². The van der Waals surface area contributed by atoms with Crippen molar-refractivity contribution in [2.45, 2.75) is 25.3 Å². The monoisotopic (exact) mass is 289 g/mol. The first-order chi connectivity index (χ1) is 10.1. The lowest BCUT2D eigenvalue weighted by atomic mass is 10.3. The molecule has 0 bridgehead atoms. The number of amides is 1. The molecule has 1 saturated carbocycles. The molecular formula is C13H15N5O3. The maximum absolute atomic E-state index is 11.8. The SMILES string of the molecule is O=C(NCCn1ccnc1C1CC1)c1cc(=O)[nH]c(=O)[nH]1. The fourth-order valence-corrected chi connectivity index (χ4v) is 2.19. The number of imidazole rings is 1. The highest BCUT2D eigenvalue weighted by Crippen LogP contribution is 2.38. The maximum Gasteiger partial charge on any atom is 0.326 e. The number of H-pyrrole nitrogens is 2. The summed E-state index contributed by atoms with van der Waals surface area (Å²) in [6.45, 7) is 0.995. The van der Waals surface area contributed by atoms with E-state index in [1.54, 1.807) is 6.20 Å². The Morgan fingerprint density at radius 2 is 2.19 bits per heavy atom. The average molecular weight is 289 g/mol. The molecule has 3 N–H and O–H groups in total. The first-order valence-corrected chi connectivity index (χ1v) is 6.76. The topological polar surface area (TPSA) is 113 Å². The first kappa shape index (κ1) is 13.3. The molecule has 0 saturated heterocycles. The van der Waals surface area contributed by atoms with Crippen molar-refractivity contribution in [3.8, 4) is 0 Å². The Labute approximate surface area is 119 Å². The molecule has 8 heteroatoms. The largest absolute Gasteiger partial charge is 0.349 e. The predicted molar refractivity (Wildman–Crippen MR) is 74.2 cm³/mol. The molecule has 3 rings (SSSR count). The zero-order chi connectivity index (χ0) is 14.8. The van der Waals surface area contributed by atoms with Crippen LogP contribution in [0.4, 0.5) is 0 Å². The molecule has 0 unspecified atom stereocenters. The van der Waals surface area contributed by atoms with Crippen molar-refractivity contribution in [2.24, 2.45) is 0 Å². The molecule has 1 fully saturated rings. The smallest absolute Gasteiger partial charge is 0.326 e. The number of hydrogen-bond acceptors (Lipinski definition) is 4. The summed E-state index contributed by atoms with van der Waals surface area (Å²) in [5, 5.41) is 2.67. The van der Waals surface area contributed by atoms with Crippen LogP contribution >= 0.6 is 0 Å². The van der Waals surface area contributed by atoms with Crippen molar-refractivity contribution in [1.82, 2.24) is 24.8 Å².